The van der Waals surface area contributed by atoms with Gasteiger partial charge in [-0.3, -0.25) is 0 Å². The van der Waals surface area contributed by atoms with Gasteiger partial charge in [0.1, 0.15) is 0 Å². The molecule has 15 heavy (non-hydrogen) atoms. The average Bonchev–Trinajstić information content (AvgIpc) is 2.78. The molecular formula is C10H11BO2S2. The summed E-state index contributed by atoms with van der Waals surface area (Å²) in [5.41, 5.74) is 2.32. The van der Waals surface area contributed by atoms with Gasteiger partial charge in [-0.15, -0.1) is 22.7 Å². The van der Waals surface area contributed by atoms with Crippen LogP contribution in [0.2, 0.25) is 0 Å². The molecule has 5 heteroatoms. The van der Waals surface area contributed by atoms with Crippen molar-refractivity contribution < 1.29 is 9.31 Å². The quantitative estimate of drug-likeness (QED) is 0.762. The normalized spacial score (nSPS) is 10.0. The molecule has 0 fully saturated rings. The number of hydrogen-bond donors (Lipinski definition) is 0. The Balaban J connectivity index is 1.86. The van der Waals surface area contributed by atoms with Crippen LogP contribution in [-0.4, -0.2) is 7.69 Å². The Kier molecular flexibility index (Phi) is 3.33. The second-order valence-corrected chi connectivity index (χ2v) is 4.95. The molecule has 2 aromatic rings. The van der Waals surface area contributed by atoms with Gasteiger partial charge >= 0.3 is 7.69 Å². The summed E-state index contributed by atoms with van der Waals surface area (Å²) in [6.07, 6.45) is 0. The van der Waals surface area contributed by atoms with Crippen LogP contribution in [0.3, 0.4) is 0 Å². The predicted molar refractivity (Wildman–Crippen MR) is 66.5 cm³/mol. The minimum absolute atomic E-state index is 0.280. The van der Waals surface area contributed by atoms with Gasteiger partial charge in [0.05, 0.1) is 0 Å². The first-order valence-corrected chi connectivity index (χ1v) is 6.37. The highest BCUT2D eigenvalue weighted by Crippen LogP contribution is 2.26. The summed E-state index contributed by atoms with van der Waals surface area (Å²) in [6.45, 7) is 4.06. The van der Waals surface area contributed by atoms with Crippen molar-refractivity contribution >= 4 is 30.4 Å². The fourth-order valence-corrected chi connectivity index (χ4v) is 2.68. The van der Waals surface area contributed by atoms with Crippen LogP contribution in [0.15, 0.2) is 22.9 Å². The lowest BCUT2D eigenvalue weighted by Gasteiger charge is -2.05. The Morgan fingerprint density at radius 2 is 1.40 bits per heavy atom. The Bertz CT molecular complexity index is 396. The van der Waals surface area contributed by atoms with Crippen molar-refractivity contribution in [2.45, 2.75) is 13.8 Å². The minimum atomic E-state index is 0.280. The molecule has 2 heterocycles. The van der Waals surface area contributed by atoms with Gasteiger partial charge in [-0.05, 0) is 36.7 Å². The van der Waals surface area contributed by atoms with E-state index in [0.717, 1.165) is 21.3 Å². The maximum atomic E-state index is 5.51. The van der Waals surface area contributed by atoms with Crippen LogP contribution in [0.25, 0.3) is 0 Å². The van der Waals surface area contributed by atoms with Crippen molar-refractivity contribution in [2.24, 2.45) is 0 Å². The summed E-state index contributed by atoms with van der Waals surface area (Å²) in [6, 6.07) is 4.08. The monoisotopic (exact) mass is 238 g/mol. The first kappa shape index (κ1) is 10.6. The number of aryl methyl sites for hydroxylation is 2. The second kappa shape index (κ2) is 4.72. The molecule has 2 rings (SSSR count). The van der Waals surface area contributed by atoms with E-state index in [4.69, 9.17) is 9.31 Å². The molecule has 0 amide bonds. The molecule has 2 aromatic heterocycles. The van der Waals surface area contributed by atoms with E-state index in [2.05, 4.69) is 0 Å². The molecule has 0 unspecified atom stereocenters. The standard InChI is InChI=1S/C10H11BO2S2/c1-7-3-5-14-9(7)12-11-13-10-8(2)4-6-15-10/h3-6,11H,1-2H3. The summed E-state index contributed by atoms with van der Waals surface area (Å²) >= 11 is 3.18. The summed E-state index contributed by atoms with van der Waals surface area (Å²) in [5, 5.41) is 5.90. The zero-order chi connectivity index (χ0) is 10.7. The number of thiophene rings is 2. The Labute approximate surface area is 97.8 Å². The highest BCUT2D eigenvalue weighted by atomic mass is 32.1. The molecule has 2 nitrogen and oxygen atoms in total. The van der Waals surface area contributed by atoms with E-state index in [-0.39, 0.29) is 7.69 Å². The van der Waals surface area contributed by atoms with Gasteiger partial charge < -0.3 is 9.31 Å². The maximum Gasteiger partial charge on any atom is 0.577 e. The molecule has 0 radical (unpaired) electrons. The molecule has 0 saturated carbocycles. The summed E-state index contributed by atoms with van der Waals surface area (Å²) in [5.74, 6) is 0. The van der Waals surface area contributed by atoms with Crippen LogP contribution in [0, 0.1) is 13.8 Å². The Hall–Kier alpha value is -0.935. The molecular weight excluding hydrogens is 227 g/mol. The van der Waals surface area contributed by atoms with Gasteiger partial charge in [-0.2, -0.15) is 0 Å². The van der Waals surface area contributed by atoms with E-state index in [9.17, 15) is 0 Å². The van der Waals surface area contributed by atoms with E-state index in [0.29, 0.717) is 0 Å². The zero-order valence-corrected chi connectivity index (χ0v) is 10.3. The Morgan fingerprint density at radius 3 is 1.73 bits per heavy atom. The van der Waals surface area contributed by atoms with Crippen molar-refractivity contribution in [1.82, 2.24) is 0 Å². The minimum Gasteiger partial charge on any atom is -0.521 e. The van der Waals surface area contributed by atoms with Crippen LogP contribution >= 0.6 is 22.7 Å². The lowest BCUT2D eigenvalue weighted by molar-refractivity contribution is 0.470. The average molecular weight is 238 g/mol. The van der Waals surface area contributed by atoms with Gasteiger partial charge in [-0.25, -0.2) is 0 Å². The molecule has 0 bridgehead atoms. The third-order valence-corrected chi connectivity index (χ3v) is 3.86. The van der Waals surface area contributed by atoms with Crippen molar-refractivity contribution in [2.75, 3.05) is 0 Å². The number of rotatable bonds is 4. The van der Waals surface area contributed by atoms with Crippen molar-refractivity contribution in [3.63, 3.8) is 0 Å². The number of hydrogen-bond acceptors (Lipinski definition) is 4. The van der Waals surface area contributed by atoms with E-state index < -0.39 is 0 Å². The second-order valence-electron chi connectivity index (χ2n) is 3.19. The first-order chi connectivity index (χ1) is 7.27. The van der Waals surface area contributed by atoms with Crippen molar-refractivity contribution in [3.05, 3.63) is 34.0 Å². The van der Waals surface area contributed by atoms with Crippen LogP contribution in [-0.2, 0) is 0 Å². The molecule has 0 aliphatic carbocycles. The zero-order valence-electron chi connectivity index (χ0n) is 8.65. The van der Waals surface area contributed by atoms with Crippen molar-refractivity contribution in [3.8, 4) is 10.1 Å². The molecule has 0 N–H and O–H groups in total. The SMILES string of the molecule is Cc1ccsc1OBOc1sccc1C. The molecule has 0 aromatic carbocycles. The third-order valence-electron chi connectivity index (χ3n) is 2.01. The fourth-order valence-electron chi connectivity index (χ4n) is 1.15. The highest BCUT2D eigenvalue weighted by molar-refractivity contribution is 7.12. The van der Waals surface area contributed by atoms with Gasteiger partial charge in [0.2, 0.25) is 0 Å². The molecule has 0 saturated heterocycles. The van der Waals surface area contributed by atoms with Gasteiger partial charge in [0.25, 0.3) is 0 Å². The van der Waals surface area contributed by atoms with Gasteiger partial charge in [0, 0.05) is 11.1 Å². The topological polar surface area (TPSA) is 18.5 Å². The fraction of sp³-hybridized carbons (Fsp3) is 0.200. The van der Waals surface area contributed by atoms with Crippen LogP contribution < -0.4 is 9.31 Å². The molecule has 0 spiro atoms. The first-order valence-electron chi connectivity index (χ1n) is 4.61. The van der Waals surface area contributed by atoms with E-state index in [1.54, 1.807) is 22.7 Å². The van der Waals surface area contributed by atoms with E-state index >= 15 is 0 Å². The summed E-state index contributed by atoms with van der Waals surface area (Å²) in [7, 11) is 0.280. The van der Waals surface area contributed by atoms with Gasteiger partial charge in [-0.1, -0.05) is 0 Å². The van der Waals surface area contributed by atoms with Crippen LogP contribution in [0.1, 0.15) is 11.1 Å². The maximum absolute atomic E-state index is 5.51. The highest BCUT2D eigenvalue weighted by Gasteiger charge is 2.05. The molecule has 78 valence electrons. The van der Waals surface area contributed by atoms with Gasteiger partial charge in [0.15, 0.2) is 10.1 Å². The third kappa shape index (κ3) is 2.55. The summed E-state index contributed by atoms with van der Waals surface area (Å²) < 4.78 is 11.0. The van der Waals surface area contributed by atoms with Crippen molar-refractivity contribution in [1.29, 1.82) is 0 Å². The lowest BCUT2D eigenvalue weighted by Crippen LogP contribution is -2.10. The van der Waals surface area contributed by atoms with E-state index in [1.807, 2.05) is 36.7 Å². The molecule has 0 atom stereocenters. The Morgan fingerprint density at radius 1 is 0.933 bits per heavy atom. The predicted octanol–water partition coefficient (Wildman–Crippen LogP) is 3.15. The molecule has 0 aliphatic heterocycles. The summed E-state index contributed by atoms with van der Waals surface area (Å²) in [4.78, 5) is 0. The van der Waals surface area contributed by atoms with Crippen LogP contribution in [0.4, 0.5) is 0 Å². The molecule has 0 aliphatic rings. The lowest BCUT2D eigenvalue weighted by atomic mass is 10.3. The largest absolute Gasteiger partial charge is 0.577 e. The smallest absolute Gasteiger partial charge is 0.521 e. The van der Waals surface area contributed by atoms with E-state index in [1.165, 1.54) is 0 Å². The van der Waals surface area contributed by atoms with Crippen LogP contribution in [0.5, 0.6) is 10.1 Å².